The highest BCUT2D eigenvalue weighted by Gasteiger charge is 2.18. The molecule has 24 heavy (non-hydrogen) atoms. The van der Waals surface area contributed by atoms with E-state index in [0.717, 1.165) is 15.6 Å². The third-order valence-corrected chi connectivity index (χ3v) is 5.01. The number of ether oxygens (including phenoxy) is 1. The van der Waals surface area contributed by atoms with Crippen LogP contribution < -0.4 is 5.32 Å². The molecule has 130 valence electrons. The van der Waals surface area contributed by atoms with Gasteiger partial charge < -0.3 is 10.1 Å². The molecule has 1 aromatic heterocycles. The first kappa shape index (κ1) is 18.9. The summed E-state index contributed by atoms with van der Waals surface area (Å²) in [6.45, 7) is 1.43. The molecule has 0 aliphatic rings. The Morgan fingerprint density at radius 3 is 2.67 bits per heavy atom. The van der Waals surface area contributed by atoms with Gasteiger partial charge in [0.2, 0.25) is 5.91 Å². The van der Waals surface area contributed by atoms with Crippen LogP contribution in [0.15, 0.2) is 42.5 Å². The van der Waals surface area contributed by atoms with Gasteiger partial charge in [-0.25, -0.2) is 0 Å². The molecule has 2 aromatic rings. The van der Waals surface area contributed by atoms with E-state index < -0.39 is 0 Å². The van der Waals surface area contributed by atoms with Crippen molar-refractivity contribution in [3.8, 4) is 0 Å². The van der Waals surface area contributed by atoms with E-state index in [2.05, 4.69) is 17.4 Å². The highest BCUT2D eigenvalue weighted by molar-refractivity contribution is 7.16. The summed E-state index contributed by atoms with van der Waals surface area (Å²) >= 11 is 7.38. The zero-order valence-electron chi connectivity index (χ0n) is 14.0. The first-order valence-electron chi connectivity index (χ1n) is 7.82. The molecule has 0 radical (unpaired) electrons. The van der Waals surface area contributed by atoms with Gasteiger partial charge in [0.25, 0.3) is 0 Å². The van der Waals surface area contributed by atoms with Gasteiger partial charge in [-0.15, -0.1) is 11.3 Å². The number of carbonyl (C=O) groups excluding carboxylic acids is 1. The minimum absolute atomic E-state index is 0.00353. The molecule has 1 atom stereocenters. The number of nitrogens with one attached hydrogen (secondary N) is 1. The van der Waals surface area contributed by atoms with E-state index in [9.17, 15) is 4.79 Å². The van der Waals surface area contributed by atoms with Gasteiger partial charge in [0.1, 0.15) is 0 Å². The maximum atomic E-state index is 12.2. The molecule has 1 N–H and O–H groups in total. The van der Waals surface area contributed by atoms with Crippen molar-refractivity contribution < 1.29 is 9.53 Å². The van der Waals surface area contributed by atoms with Crippen molar-refractivity contribution in [2.75, 3.05) is 27.3 Å². The van der Waals surface area contributed by atoms with E-state index >= 15 is 0 Å². The lowest BCUT2D eigenvalue weighted by Gasteiger charge is -2.27. The molecule has 1 heterocycles. The van der Waals surface area contributed by atoms with Crippen molar-refractivity contribution in [1.29, 1.82) is 0 Å². The Kier molecular flexibility index (Phi) is 7.72. The fourth-order valence-corrected chi connectivity index (χ4v) is 3.49. The largest absolute Gasteiger partial charge is 0.383 e. The zero-order valence-corrected chi connectivity index (χ0v) is 15.6. The number of halogens is 1. The molecule has 1 unspecified atom stereocenters. The number of hydrogen-bond acceptors (Lipinski definition) is 4. The van der Waals surface area contributed by atoms with Gasteiger partial charge >= 0.3 is 0 Å². The number of methoxy groups -OCH3 is 1. The molecule has 4 nitrogen and oxygen atoms in total. The van der Waals surface area contributed by atoms with Gasteiger partial charge in [0.15, 0.2) is 0 Å². The zero-order chi connectivity index (χ0) is 17.4. The van der Waals surface area contributed by atoms with E-state index in [4.69, 9.17) is 16.3 Å². The fraction of sp³-hybridized carbons (Fsp3) is 0.389. The molecule has 0 spiro atoms. The molecular formula is C18H23ClN2O2S. The molecule has 1 amide bonds. The van der Waals surface area contributed by atoms with Crippen LogP contribution in [0.1, 0.15) is 10.4 Å². The average molecular weight is 367 g/mol. The fourth-order valence-electron chi connectivity index (χ4n) is 2.46. The smallest absolute Gasteiger partial charge is 0.234 e. The van der Waals surface area contributed by atoms with Gasteiger partial charge in [-0.2, -0.15) is 0 Å². The van der Waals surface area contributed by atoms with Crippen LogP contribution in [0.4, 0.5) is 0 Å². The number of thiophene rings is 1. The third-order valence-electron chi connectivity index (χ3n) is 3.78. The van der Waals surface area contributed by atoms with Crippen molar-refractivity contribution in [2.45, 2.75) is 19.0 Å². The summed E-state index contributed by atoms with van der Waals surface area (Å²) in [5.41, 5.74) is 1.24. The summed E-state index contributed by atoms with van der Waals surface area (Å²) in [4.78, 5) is 15.3. The summed E-state index contributed by atoms with van der Waals surface area (Å²) in [6, 6.07) is 14.2. The van der Waals surface area contributed by atoms with E-state index in [1.54, 1.807) is 7.11 Å². The number of amides is 1. The molecule has 0 aliphatic carbocycles. The Morgan fingerprint density at radius 1 is 1.29 bits per heavy atom. The lowest BCUT2D eigenvalue weighted by Crippen LogP contribution is -2.43. The molecule has 0 aliphatic heterocycles. The molecule has 0 saturated heterocycles. The predicted molar refractivity (Wildman–Crippen MR) is 99.6 cm³/mol. The Morgan fingerprint density at radius 2 is 2.04 bits per heavy atom. The highest BCUT2D eigenvalue weighted by atomic mass is 35.5. The number of hydrogen-bond donors (Lipinski definition) is 1. The molecule has 0 bridgehead atoms. The summed E-state index contributed by atoms with van der Waals surface area (Å²) in [5.74, 6) is -0.00353. The molecule has 0 fully saturated rings. The van der Waals surface area contributed by atoms with Crippen LogP contribution in [0, 0.1) is 0 Å². The number of likely N-dealkylation sites (N-methyl/N-ethyl adjacent to an activating group) is 1. The lowest BCUT2D eigenvalue weighted by molar-refractivity contribution is -0.122. The molecule has 0 saturated carbocycles. The Labute approximate surface area is 152 Å². The quantitative estimate of drug-likeness (QED) is 0.741. The van der Waals surface area contributed by atoms with E-state index in [1.165, 1.54) is 16.9 Å². The summed E-state index contributed by atoms with van der Waals surface area (Å²) in [7, 11) is 3.64. The van der Waals surface area contributed by atoms with Gasteiger partial charge in [-0.1, -0.05) is 41.9 Å². The normalized spacial score (nSPS) is 12.3. The maximum absolute atomic E-state index is 12.2. The Hall–Kier alpha value is -1.40. The van der Waals surface area contributed by atoms with E-state index in [-0.39, 0.29) is 11.9 Å². The first-order valence-corrected chi connectivity index (χ1v) is 9.02. The highest BCUT2D eigenvalue weighted by Crippen LogP contribution is 2.20. The second kappa shape index (κ2) is 9.79. The lowest BCUT2D eigenvalue weighted by atomic mass is 10.1. The SMILES string of the molecule is COCC(Cc1ccccc1)N(C)CC(=O)NCc1ccc(Cl)s1. The van der Waals surface area contributed by atoms with Gasteiger partial charge in [-0.05, 0) is 31.2 Å². The van der Waals surface area contributed by atoms with Crippen molar-refractivity contribution >= 4 is 28.8 Å². The average Bonchev–Trinajstić information content (AvgIpc) is 2.99. The number of benzene rings is 1. The number of carbonyl (C=O) groups is 1. The van der Waals surface area contributed by atoms with E-state index in [0.29, 0.717) is 19.7 Å². The minimum atomic E-state index is -0.00353. The van der Waals surface area contributed by atoms with Crippen LogP contribution >= 0.6 is 22.9 Å². The van der Waals surface area contributed by atoms with Gasteiger partial charge in [0.05, 0.1) is 24.0 Å². The van der Waals surface area contributed by atoms with Crippen LogP contribution in [0.3, 0.4) is 0 Å². The Balaban J connectivity index is 1.84. The van der Waals surface area contributed by atoms with Crippen molar-refractivity contribution in [3.63, 3.8) is 0 Å². The minimum Gasteiger partial charge on any atom is -0.383 e. The molecule has 1 aromatic carbocycles. The Bertz CT molecular complexity index is 633. The summed E-state index contributed by atoms with van der Waals surface area (Å²) in [6.07, 6.45) is 0.846. The molecule has 6 heteroatoms. The van der Waals surface area contributed by atoms with Crippen LogP contribution in [0.5, 0.6) is 0 Å². The van der Waals surface area contributed by atoms with Gasteiger partial charge in [0, 0.05) is 18.0 Å². The van der Waals surface area contributed by atoms with Crippen LogP contribution in [0.25, 0.3) is 0 Å². The van der Waals surface area contributed by atoms with Crippen LogP contribution in [0.2, 0.25) is 4.34 Å². The maximum Gasteiger partial charge on any atom is 0.234 e. The van der Waals surface area contributed by atoms with Gasteiger partial charge in [-0.3, -0.25) is 9.69 Å². The predicted octanol–water partition coefficient (Wildman–Crippen LogP) is 3.21. The number of nitrogens with zero attached hydrogens (tertiary/aromatic N) is 1. The number of rotatable bonds is 9. The third kappa shape index (κ3) is 6.24. The van der Waals surface area contributed by atoms with Crippen LogP contribution in [-0.4, -0.2) is 44.2 Å². The molecular weight excluding hydrogens is 344 g/mol. The standard InChI is InChI=1S/C18H23ClN2O2S/c1-21(12-18(22)20-11-16-8-9-17(19)24-16)15(13-23-2)10-14-6-4-3-5-7-14/h3-9,15H,10-13H2,1-2H3,(H,20,22). The second-order valence-electron chi connectivity index (χ2n) is 5.70. The second-order valence-corrected chi connectivity index (χ2v) is 7.50. The van der Waals surface area contributed by atoms with Crippen molar-refractivity contribution in [2.24, 2.45) is 0 Å². The summed E-state index contributed by atoms with van der Waals surface area (Å²) in [5, 5.41) is 2.93. The van der Waals surface area contributed by atoms with E-state index in [1.807, 2.05) is 42.3 Å². The monoisotopic (exact) mass is 366 g/mol. The molecule has 2 rings (SSSR count). The van der Waals surface area contributed by atoms with Crippen LogP contribution in [-0.2, 0) is 22.5 Å². The first-order chi connectivity index (χ1) is 11.6. The topological polar surface area (TPSA) is 41.6 Å². The van der Waals surface area contributed by atoms with Crippen molar-refractivity contribution in [1.82, 2.24) is 10.2 Å². The van der Waals surface area contributed by atoms with Crippen molar-refractivity contribution in [3.05, 3.63) is 57.2 Å². The summed E-state index contributed by atoms with van der Waals surface area (Å²) < 4.78 is 6.06.